The lowest BCUT2D eigenvalue weighted by Crippen LogP contribution is -2.59. The Morgan fingerprint density at radius 2 is 1.87 bits per heavy atom. The number of primary amides is 1. The first-order chi connectivity index (χ1) is 14.0. The van der Waals surface area contributed by atoms with Crippen molar-refractivity contribution in [2.24, 2.45) is 11.5 Å². The molecule has 1 fully saturated rings. The standard InChI is InChI=1S/C17H29N5O7S/c1-8(23)13(15(26)20-10(7-30)17(28)29)21-14(25)11-3-2-6-22(11)16(27)9(18)4-5-12(19)24/h8-11,13,23,30H,2-7,18H2,1H3,(H2,19,24)(H,20,26)(H,21,25)(H,28,29). The third-order valence-electron chi connectivity index (χ3n) is 4.72. The van der Waals surface area contributed by atoms with Crippen LogP contribution in [0.25, 0.3) is 0 Å². The SMILES string of the molecule is CC(O)C(NC(=O)C1CCCN1C(=O)C(N)CCC(N)=O)C(=O)NC(CS)C(=O)O. The minimum atomic E-state index is -1.43. The quantitative estimate of drug-likeness (QED) is 0.161. The number of aliphatic hydroxyl groups is 1. The van der Waals surface area contributed by atoms with E-state index in [4.69, 9.17) is 16.6 Å². The number of carbonyl (C=O) groups is 5. The van der Waals surface area contributed by atoms with Crippen molar-refractivity contribution in [1.82, 2.24) is 15.5 Å². The monoisotopic (exact) mass is 447 g/mol. The number of carboxylic acids is 1. The van der Waals surface area contributed by atoms with Gasteiger partial charge in [0.15, 0.2) is 0 Å². The molecule has 13 heteroatoms. The van der Waals surface area contributed by atoms with Gasteiger partial charge in [0, 0.05) is 18.7 Å². The number of rotatable bonds is 11. The molecule has 12 nitrogen and oxygen atoms in total. The van der Waals surface area contributed by atoms with Gasteiger partial charge in [-0.2, -0.15) is 12.6 Å². The van der Waals surface area contributed by atoms with E-state index in [1.165, 1.54) is 11.8 Å². The van der Waals surface area contributed by atoms with Crippen molar-refractivity contribution >= 4 is 42.2 Å². The maximum atomic E-state index is 12.7. The van der Waals surface area contributed by atoms with Crippen LogP contribution in [0, 0.1) is 0 Å². The number of carbonyl (C=O) groups excluding carboxylic acids is 4. The van der Waals surface area contributed by atoms with Gasteiger partial charge < -0.3 is 37.2 Å². The van der Waals surface area contributed by atoms with Crippen molar-refractivity contribution in [3.05, 3.63) is 0 Å². The summed E-state index contributed by atoms with van der Waals surface area (Å²) in [4.78, 5) is 60.8. The Bertz CT molecular complexity index is 675. The van der Waals surface area contributed by atoms with Crippen molar-refractivity contribution in [2.75, 3.05) is 12.3 Å². The molecule has 0 aromatic heterocycles. The number of likely N-dealkylation sites (tertiary alicyclic amines) is 1. The smallest absolute Gasteiger partial charge is 0.327 e. The lowest BCUT2D eigenvalue weighted by atomic mass is 10.1. The minimum Gasteiger partial charge on any atom is -0.480 e. The number of amides is 4. The molecule has 30 heavy (non-hydrogen) atoms. The molecule has 0 radical (unpaired) electrons. The summed E-state index contributed by atoms with van der Waals surface area (Å²) >= 11 is 3.84. The van der Waals surface area contributed by atoms with Gasteiger partial charge >= 0.3 is 5.97 Å². The van der Waals surface area contributed by atoms with Crippen molar-refractivity contribution in [3.8, 4) is 0 Å². The molecule has 0 saturated carbocycles. The van der Waals surface area contributed by atoms with Gasteiger partial charge in [0.1, 0.15) is 18.1 Å². The second kappa shape index (κ2) is 11.7. The van der Waals surface area contributed by atoms with Crippen molar-refractivity contribution in [3.63, 3.8) is 0 Å². The molecule has 5 atom stereocenters. The molecule has 1 aliphatic rings. The topological polar surface area (TPSA) is 205 Å². The molecule has 1 saturated heterocycles. The number of aliphatic carboxylic acids is 1. The Morgan fingerprint density at radius 1 is 1.23 bits per heavy atom. The maximum absolute atomic E-state index is 12.7. The first kappa shape index (κ1) is 25.7. The molecule has 0 aromatic carbocycles. The summed E-state index contributed by atoms with van der Waals surface area (Å²) in [5.74, 6) is -4.19. The van der Waals surface area contributed by atoms with Crippen LogP contribution < -0.4 is 22.1 Å². The third-order valence-corrected chi connectivity index (χ3v) is 5.08. The van der Waals surface area contributed by atoms with Crippen molar-refractivity contribution in [1.29, 1.82) is 0 Å². The lowest BCUT2D eigenvalue weighted by molar-refractivity contribution is -0.143. The van der Waals surface area contributed by atoms with Crippen LogP contribution in [0.3, 0.4) is 0 Å². The molecule has 0 aliphatic carbocycles. The van der Waals surface area contributed by atoms with E-state index in [0.29, 0.717) is 12.8 Å². The zero-order valence-electron chi connectivity index (χ0n) is 16.6. The Kier molecular flexibility index (Phi) is 10.0. The molecule has 5 unspecified atom stereocenters. The number of carboxylic acid groups (broad SMARTS) is 1. The summed E-state index contributed by atoms with van der Waals surface area (Å²) in [5, 5.41) is 23.5. The lowest BCUT2D eigenvalue weighted by Gasteiger charge is -2.29. The van der Waals surface area contributed by atoms with Crippen LogP contribution in [0.15, 0.2) is 0 Å². The number of nitrogens with two attached hydrogens (primary N) is 2. The number of thiol groups is 1. The summed E-state index contributed by atoms with van der Waals surface area (Å²) in [6, 6.07) is -4.65. The third kappa shape index (κ3) is 7.15. The molecular formula is C17H29N5O7S. The first-order valence-corrected chi connectivity index (χ1v) is 10.1. The first-order valence-electron chi connectivity index (χ1n) is 9.46. The molecular weight excluding hydrogens is 418 g/mol. The van der Waals surface area contributed by atoms with E-state index in [1.54, 1.807) is 0 Å². The Labute approximate surface area is 179 Å². The molecule has 4 amide bonds. The summed E-state index contributed by atoms with van der Waals surface area (Å²) in [5.41, 5.74) is 10.9. The molecule has 1 aliphatic heterocycles. The summed E-state index contributed by atoms with van der Waals surface area (Å²) in [6.45, 7) is 1.53. The molecule has 0 spiro atoms. The molecule has 0 bridgehead atoms. The van der Waals surface area contributed by atoms with Gasteiger partial charge in [-0.05, 0) is 26.2 Å². The number of hydrogen-bond acceptors (Lipinski definition) is 8. The summed E-state index contributed by atoms with van der Waals surface area (Å²) < 4.78 is 0. The minimum absolute atomic E-state index is 0.0397. The highest BCUT2D eigenvalue weighted by atomic mass is 32.1. The summed E-state index contributed by atoms with van der Waals surface area (Å²) in [7, 11) is 0. The highest BCUT2D eigenvalue weighted by molar-refractivity contribution is 7.80. The molecule has 1 heterocycles. The van der Waals surface area contributed by atoms with Crippen LogP contribution in [0.2, 0.25) is 0 Å². The number of aliphatic hydroxyl groups excluding tert-OH is 1. The fraction of sp³-hybridized carbons (Fsp3) is 0.706. The zero-order valence-corrected chi connectivity index (χ0v) is 17.5. The predicted molar refractivity (Wildman–Crippen MR) is 108 cm³/mol. The fourth-order valence-electron chi connectivity index (χ4n) is 3.04. The van der Waals surface area contributed by atoms with Gasteiger partial charge in [0.2, 0.25) is 23.6 Å². The van der Waals surface area contributed by atoms with E-state index in [1.807, 2.05) is 0 Å². The van der Waals surface area contributed by atoms with Gasteiger partial charge in [-0.15, -0.1) is 0 Å². The highest BCUT2D eigenvalue weighted by Crippen LogP contribution is 2.19. The fourth-order valence-corrected chi connectivity index (χ4v) is 3.29. The van der Waals surface area contributed by atoms with Gasteiger partial charge in [-0.25, -0.2) is 4.79 Å². The molecule has 170 valence electrons. The van der Waals surface area contributed by atoms with E-state index < -0.39 is 59.9 Å². The Morgan fingerprint density at radius 3 is 2.37 bits per heavy atom. The molecule has 1 rings (SSSR count). The average molecular weight is 448 g/mol. The maximum Gasteiger partial charge on any atom is 0.327 e. The van der Waals surface area contributed by atoms with E-state index in [9.17, 15) is 29.1 Å². The number of hydrogen-bond donors (Lipinski definition) is 7. The summed E-state index contributed by atoms with van der Waals surface area (Å²) in [6.07, 6.45) is -0.511. The Hall–Kier alpha value is -2.38. The van der Waals surface area contributed by atoms with Gasteiger partial charge in [-0.3, -0.25) is 19.2 Å². The van der Waals surface area contributed by atoms with Crippen LogP contribution in [-0.2, 0) is 24.0 Å². The molecule has 0 aromatic rings. The van der Waals surface area contributed by atoms with Gasteiger partial charge in [-0.1, -0.05) is 0 Å². The zero-order chi connectivity index (χ0) is 23.0. The predicted octanol–water partition coefficient (Wildman–Crippen LogP) is -3.06. The second-order valence-electron chi connectivity index (χ2n) is 7.11. The number of nitrogens with one attached hydrogen (secondary N) is 2. The number of nitrogens with zero attached hydrogens (tertiary/aromatic N) is 1. The van der Waals surface area contributed by atoms with Crippen LogP contribution in [-0.4, -0.2) is 87.3 Å². The van der Waals surface area contributed by atoms with E-state index >= 15 is 0 Å². The highest BCUT2D eigenvalue weighted by Gasteiger charge is 2.38. The van der Waals surface area contributed by atoms with Gasteiger partial charge in [0.05, 0.1) is 12.1 Å². The molecule has 8 N–H and O–H groups in total. The van der Waals surface area contributed by atoms with E-state index in [-0.39, 0.29) is 25.1 Å². The van der Waals surface area contributed by atoms with Gasteiger partial charge in [0.25, 0.3) is 0 Å². The largest absolute Gasteiger partial charge is 0.480 e. The van der Waals surface area contributed by atoms with Crippen molar-refractivity contribution in [2.45, 2.75) is 62.9 Å². The Balaban J connectivity index is 2.83. The van der Waals surface area contributed by atoms with Crippen molar-refractivity contribution < 1.29 is 34.2 Å². The average Bonchev–Trinajstić information content (AvgIpc) is 3.16. The second-order valence-corrected chi connectivity index (χ2v) is 7.48. The van der Waals surface area contributed by atoms with Crippen LogP contribution in [0.1, 0.15) is 32.6 Å². The normalized spacial score (nSPS) is 20.0. The van der Waals surface area contributed by atoms with Crippen LogP contribution in [0.5, 0.6) is 0 Å². The van der Waals surface area contributed by atoms with E-state index in [2.05, 4.69) is 23.3 Å². The van der Waals surface area contributed by atoms with Crippen LogP contribution >= 0.6 is 12.6 Å². The van der Waals surface area contributed by atoms with E-state index in [0.717, 1.165) is 0 Å². The van der Waals surface area contributed by atoms with Crippen LogP contribution in [0.4, 0.5) is 0 Å².